The van der Waals surface area contributed by atoms with Gasteiger partial charge in [-0.1, -0.05) is 0 Å². The Morgan fingerprint density at radius 1 is 1.41 bits per heavy atom. The first-order chi connectivity index (χ1) is 13.0. The van der Waals surface area contributed by atoms with Crippen molar-refractivity contribution in [2.45, 2.75) is 39.0 Å². The van der Waals surface area contributed by atoms with Crippen molar-refractivity contribution in [3.8, 4) is 5.88 Å². The molecular formula is C19H23N5O2S. The summed E-state index contributed by atoms with van der Waals surface area (Å²) in [5, 5.41) is 4.50. The quantitative estimate of drug-likeness (QED) is 0.731. The van der Waals surface area contributed by atoms with Crippen LogP contribution < -0.4 is 10.1 Å². The number of carbonyl (C=O) groups excluding carboxylic acids is 1. The zero-order valence-corrected chi connectivity index (χ0v) is 16.5. The number of carbonyl (C=O) groups is 1. The van der Waals surface area contributed by atoms with Crippen molar-refractivity contribution in [1.82, 2.24) is 19.4 Å². The largest absolute Gasteiger partial charge is 0.473 e. The van der Waals surface area contributed by atoms with E-state index in [0.717, 1.165) is 35.4 Å². The Hall–Kier alpha value is -2.45. The van der Waals surface area contributed by atoms with Crippen LogP contribution in [0, 0.1) is 0 Å². The fraction of sp³-hybridized carbons (Fsp3) is 0.421. The van der Waals surface area contributed by atoms with E-state index in [2.05, 4.69) is 39.2 Å². The van der Waals surface area contributed by atoms with Crippen molar-refractivity contribution in [2.24, 2.45) is 7.05 Å². The van der Waals surface area contributed by atoms with Gasteiger partial charge < -0.3 is 14.6 Å². The average Bonchev–Trinajstić information content (AvgIpc) is 3.29. The maximum absolute atomic E-state index is 11.1. The monoisotopic (exact) mass is 385 g/mol. The zero-order valence-electron chi connectivity index (χ0n) is 15.7. The second-order valence-corrected chi connectivity index (χ2v) is 8.17. The lowest BCUT2D eigenvalue weighted by Crippen LogP contribution is -2.27. The highest BCUT2D eigenvalue weighted by Gasteiger charge is 2.31. The number of hydrogen-bond donors (Lipinski definition) is 1. The van der Waals surface area contributed by atoms with Gasteiger partial charge in [0.1, 0.15) is 11.8 Å². The van der Waals surface area contributed by atoms with Crippen LogP contribution in [0.25, 0.3) is 11.0 Å². The van der Waals surface area contributed by atoms with Gasteiger partial charge >= 0.3 is 0 Å². The summed E-state index contributed by atoms with van der Waals surface area (Å²) >= 11 is 1.52. The van der Waals surface area contributed by atoms with Gasteiger partial charge in [-0.05, 0) is 19.1 Å². The summed E-state index contributed by atoms with van der Waals surface area (Å²) in [6, 6.07) is 6.46. The summed E-state index contributed by atoms with van der Waals surface area (Å²) in [6.07, 6.45) is 4.92. The molecule has 1 fully saturated rings. The third-order valence-corrected chi connectivity index (χ3v) is 5.74. The number of aromatic nitrogens is 3. The predicted octanol–water partition coefficient (Wildman–Crippen LogP) is 3.03. The molecule has 0 saturated carbocycles. The minimum atomic E-state index is -0.0957. The molecule has 1 saturated heterocycles. The molecule has 1 amide bonds. The molecule has 3 aromatic rings. The topological polar surface area (TPSA) is 72.3 Å². The van der Waals surface area contributed by atoms with Crippen molar-refractivity contribution in [1.29, 1.82) is 0 Å². The molecule has 8 heteroatoms. The standard InChI is InChI=1S/C19H23N5O2S/c1-12-8-15(26-17-5-4-14-6-7-23(3)18(14)22-17)10-24(12)11-16-9-20-19(27-16)21-13(2)25/h4-7,9,12,15H,8,10-11H2,1-3H3,(H,20,21,25)/t12-,15+/m0/s1. The number of anilines is 1. The van der Waals surface area contributed by atoms with E-state index in [1.54, 1.807) is 0 Å². The molecule has 1 aliphatic rings. The van der Waals surface area contributed by atoms with Crippen molar-refractivity contribution in [2.75, 3.05) is 11.9 Å². The van der Waals surface area contributed by atoms with Crippen LogP contribution in [0.3, 0.4) is 0 Å². The number of ether oxygens (including phenoxy) is 1. The highest BCUT2D eigenvalue weighted by molar-refractivity contribution is 7.15. The van der Waals surface area contributed by atoms with Gasteiger partial charge in [0, 0.05) is 68.2 Å². The minimum absolute atomic E-state index is 0.0957. The van der Waals surface area contributed by atoms with E-state index < -0.39 is 0 Å². The second-order valence-electron chi connectivity index (χ2n) is 7.06. The number of likely N-dealkylation sites (tertiary alicyclic amines) is 1. The lowest BCUT2D eigenvalue weighted by Gasteiger charge is -2.19. The van der Waals surface area contributed by atoms with Gasteiger partial charge in [-0.25, -0.2) is 4.98 Å². The van der Waals surface area contributed by atoms with Crippen LogP contribution in [0.4, 0.5) is 5.13 Å². The Kier molecular flexibility index (Phi) is 4.84. The van der Waals surface area contributed by atoms with Crippen molar-refractivity contribution in [3.05, 3.63) is 35.5 Å². The van der Waals surface area contributed by atoms with E-state index in [0.29, 0.717) is 17.1 Å². The van der Waals surface area contributed by atoms with Crippen molar-refractivity contribution >= 4 is 33.4 Å². The number of pyridine rings is 1. The summed E-state index contributed by atoms with van der Waals surface area (Å²) in [5.74, 6) is 0.579. The molecule has 27 heavy (non-hydrogen) atoms. The summed E-state index contributed by atoms with van der Waals surface area (Å²) in [5.41, 5.74) is 0.936. The smallest absolute Gasteiger partial charge is 0.223 e. The zero-order chi connectivity index (χ0) is 19.0. The number of nitrogens with one attached hydrogen (secondary N) is 1. The Morgan fingerprint density at radius 3 is 3.07 bits per heavy atom. The summed E-state index contributed by atoms with van der Waals surface area (Å²) in [4.78, 5) is 23.6. The van der Waals surface area contributed by atoms with E-state index in [1.807, 2.05) is 30.1 Å². The highest BCUT2D eigenvalue weighted by atomic mass is 32.1. The van der Waals surface area contributed by atoms with E-state index in [4.69, 9.17) is 4.74 Å². The summed E-state index contributed by atoms with van der Waals surface area (Å²) in [6.45, 7) is 5.36. The Balaban J connectivity index is 1.39. The van der Waals surface area contributed by atoms with Crippen LogP contribution in [-0.2, 0) is 18.4 Å². The summed E-state index contributed by atoms with van der Waals surface area (Å²) < 4.78 is 8.17. The van der Waals surface area contributed by atoms with Gasteiger partial charge in [0.2, 0.25) is 11.8 Å². The number of hydrogen-bond acceptors (Lipinski definition) is 6. The molecule has 0 aromatic carbocycles. The molecule has 2 atom stereocenters. The fourth-order valence-electron chi connectivity index (χ4n) is 3.49. The molecule has 1 aliphatic heterocycles. The number of amides is 1. The number of thiazole rings is 1. The van der Waals surface area contributed by atoms with Crippen molar-refractivity contribution in [3.63, 3.8) is 0 Å². The van der Waals surface area contributed by atoms with E-state index in [-0.39, 0.29) is 12.0 Å². The Labute approximate surface area is 162 Å². The molecule has 7 nitrogen and oxygen atoms in total. The third-order valence-electron chi connectivity index (χ3n) is 4.84. The van der Waals surface area contributed by atoms with Crippen LogP contribution in [0.2, 0.25) is 0 Å². The first-order valence-corrected chi connectivity index (χ1v) is 9.84. The fourth-order valence-corrected chi connectivity index (χ4v) is 4.38. The molecule has 3 aromatic heterocycles. The van der Waals surface area contributed by atoms with Gasteiger partial charge in [-0.2, -0.15) is 4.98 Å². The number of nitrogens with zero attached hydrogens (tertiary/aromatic N) is 4. The molecule has 1 N–H and O–H groups in total. The van der Waals surface area contributed by atoms with Crippen LogP contribution in [0.5, 0.6) is 5.88 Å². The van der Waals surface area contributed by atoms with E-state index >= 15 is 0 Å². The molecule has 0 unspecified atom stereocenters. The second kappa shape index (κ2) is 7.28. The normalized spacial score (nSPS) is 20.3. The molecule has 4 rings (SSSR count). The predicted molar refractivity (Wildman–Crippen MR) is 106 cm³/mol. The van der Waals surface area contributed by atoms with Crippen LogP contribution in [0.15, 0.2) is 30.6 Å². The Bertz CT molecular complexity index is 966. The minimum Gasteiger partial charge on any atom is -0.473 e. The lowest BCUT2D eigenvalue weighted by atomic mass is 10.2. The first kappa shape index (κ1) is 17.9. The number of fused-ring (bicyclic) bond motifs is 1. The Morgan fingerprint density at radius 2 is 2.26 bits per heavy atom. The van der Waals surface area contributed by atoms with E-state index in [1.165, 1.54) is 18.3 Å². The lowest BCUT2D eigenvalue weighted by molar-refractivity contribution is -0.114. The maximum atomic E-state index is 11.1. The van der Waals surface area contributed by atoms with E-state index in [9.17, 15) is 4.79 Å². The van der Waals surface area contributed by atoms with Crippen LogP contribution >= 0.6 is 11.3 Å². The molecule has 142 valence electrons. The molecule has 0 aliphatic carbocycles. The maximum Gasteiger partial charge on any atom is 0.223 e. The SMILES string of the molecule is CC(=O)Nc1ncc(CN2C[C@H](Oc3ccc4ccn(C)c4n3)C[C@@H]2C)s1. The third kappa shape index (κ3) is 3.96. The van der Waals surface area contributed by atoms with Gasteiger partial charge in [-0.3, -0.25) is 9.69 Å². The van der Waals surface area contributed by atoms with Crippen molar-refractivity contribution < 1.29 is 9.53 Å². The van der Waals surface area contributed by atoms with Gasteiger partial charge in [0.15, 0.2) is 5.13 Å². The molecule has 0 radical (unpaired) electrons. The molecule has 4 heterocycles. The summed E-state index contributed by atoms with van der Waals surface area (Å²) in [7, 11) is 1.99. The first-order valence-electron chi connectivity index (χ1n) is 9.03. The molecular weight excluding hydrogens is 362 g/mol. The van der Waals surface area contributed by atoms with Crippen LogP contribution in [0.1, 0.15) is 25.1 Å². The molecule has 0 bridgehead atoms. The van der Waals surface area contributed by atoms with Gasteiger partial charge in [0.25, 0.3) is 0 Å². The number of rotatable bonds is 5. The average molecular weight is 385 g/mol. The number of aryl methyl sites for hydroxylation is 1. The van der Waals surface area contributed by atoms with Gasteiger partial charge in [-0.15, -0.1) is 11.3 Å². The molecule has 0 spiro atoms. The highest BCUT2D eigenvalue weighted by Crippen LogP contribution is 2.27. The van der Waals surface area contributed by atoms with Crippen LogP contribution in [-0.4, -0.2) is 44.0 Å². The van der Waals surface area contributed by atoms with Gasteiger partial charge in [0.05, 0.1) is 0 Å².